The summed E-state index contributed by atoms with van der Waals surface area (Å²) in [6.45, 7) is 3.71. The summed E-state index contributed by atoms with van der Waals surface area (Å²) in [5.41, 5.74) is 3.53. The monoisotopic (exact) mass is 362 g/mol. The van der Waals surface area contributed by atoms with Crippen molar-refractivity contribution >= 4 is 16.7 Å². The van der Waals surface area contributed by atoms with E-state index in [9.17, 15) is 4.79 Å². The van der Waals surface area contributed by atoms with Crippen LogP contribution in [0.2, 0.25) is 0 Å². The molecule has 1 amide bonds. The van der Waals surface area contributed by atoms with E-state index in [1.807, 2.05) is 42.3 Å². The van der Waals surface area contributed by atoms with E-state index in [1.165, 1.54) is 16.5 Å². The van der Waals surface area contributed by atoms with Crippen LogP contribution in [0.1, 0.15) is 16.7 Å². The lowest BCUT2D eigenvalue weighted by molar-refractivity contribution is -0.122. The molecule has 140 valence electrons. The number of ether oxygens (including phenoxy) is 1. The molecule has 0 bridgehead atoms. The first-order chi connectivity index (χ1) is 13.0. The molecule has 0 aliphatic rings. The van der Waals surface area contributed by atoms with E-state index in [4.69, 9.17) is 4.74 Å². The molecule has 3 rings (SSSR count). The third-order valence-corrected chi connectivity index (χ3v) is 4.72. The maximum Gasteiger partial charge on any atom is 0.234 e. The molecule has 4 heteroatoms. The van der Waals surface area contributed by atoms with Gasteiger partial charge in [0.1, 0.15) is 5.75 Å². The fourth-order valence-electron chi connectivity index (χ4n) is 3.17. The molecule has 4 nitrogen and oxygen atoms in total. The molecule has 0 radical (unpaired) electrons. The van der Waals surface area contributed by atoms with Crippen LogP contribution in [-0.4, -0.2) is 31.5 Å². The van der Waals surface area contributed by atoms with Gasteiger partial charge in [-0.1, -0.05) is 42.5 Å². The number of hydrogen-bond donors (Lipinski definition) is 1. The number of carbonyl (C=O) groups is 1. The smallest absolute Gasteiger partial charge is 0.234 e. The van der Waals surface area contributed by atoms with Gasteiger partial charge < -0.3 is 10.1 Å². The lowest BCUT2D eigenvalue weighted by atomic mass is 10.1. The zero-order valence-electron chi connectivity index (χ0n) is 16.2. The standard InChI is InChI=1S/C23H26N2O2/c1-17-6-4-5-7-21(17)14-24-23(26)16-25(2)15-18-8-9-20-13-22(27-3)11-10-19(20)12-18/h4-13H,14-16H2,1-3H3,(H,24,26). The zero-order chi connectivity index (χ0) is 19.2. The molecule has 0 aromatic heterocycles. The molecule has 0 aliphatic heterocycles. The molecular formula is C23H26N2O2. The van der Waals surface area contributed by atoms with Crippen molar-refractivity contribution in [2.75, 3.05) is 20.7 Å². The molecule has 0 fully saturated rings. The van der Waals surface area contributed by atoms with Gasteiger partial charge >= 0.3 is 0 Å². The molecule has 3 aromatic rings. The Balaban J connectivity index is 1.55. The van der Waals surface area contributed by atoms with Gasteiger partial charge in [-0.25, -0.2) is 0 Å². The van der Waals surface area contributed by atoms with Crippen molar-refractivity contribution in [3.05, 3.63) is 77.4 Å². The Bertz CT molecular complexity index is 937. The van der Waals surface area contributed by atoms with E-state index in [2.05, 4.69) is 42.6 Å². The second-order valence-electron chi connectivity index (χ2n) is 6.92. The van der Waals surface area contributed by atoms with E-state index in [-0.39, 0.29) is 5.91 Å². The topological polar surface area (TPSA) is 41.6 Å². The fourth-order valence-corrected chi connectivity index (χ4v) is 3.17. The van der Waals surface area contributed by atoms with Crippen molar-refractivity contribution in [2.24, 2.45) is 0 Å². The first kappa shape index (κ1) is 18.9. The van der Waals surface area contributed by atoms with Gasteiger partial charge in [-0.05, 0) is 59.6 Å². The van der Waals surface area contributed by atoms with Crippen LogP contribution in [0.3, 0.4) is 0 Å². The van der Waals surface area contributed by atoms with E-state index in [0.29, 0.717) is 13.1 Å². The number of benzene rings is 3. The highest BCUT2D eigenvalue weighted by Gasteiger charge is 2.08. The summed E-state index contributed by atoms with van der Waals surface area (Å²) in [6, 6.07) is 20.5. The summed E-state index contributed by atoms with van der Waals surface area (Å²) in [5.74, 6) is 0.893. The Labute approximate surface area is 160 Å². The molecule has 0 aliphatic carbocycles. The van der Waals surface area contributed by atoms with Crippen molar-refractivity contribution in [2.45, 2.75) is 20.0 Å². The van der Waals surface area contributed by atoms with E-state index < -0.39 is 0 Å². The first-order valence-corrected chi connectivity index (χ1v) is 9.11. The van der Waals surface area contributed by atoms with Crippen molar-refractivity contribution in [3.8, 4) is 5.75 Å². The Morgan fingerprint density at radius 2 is 1.78 bits per heavy atom. The zero-order valence-corrected chi connectivity index (χ0v) is 16.2. The van der Waals surface area contributed by atoms with Crippen molar-refractivity contribution < 1.29 is 9.53 Å². The van der Waals surface area contributed by atoms with Gasteiger partial charge in [0.25, 0.3) is 0 Å². The SMILES string of the molecule is COc1ccc2cc(CN(C)CC(=O)NCc3ccccc3C)ccc2c1. The Morgan fingerprint density at radius 3 is 2.56 bits per heavy atom. The fraction of sp³-hybridized carbons (Fsp3) is 0.261. The third kappa shape index (κ3) is 5.08. The summed E-state index contributed by atoms with van der Waals surface area (Å²) in [7, 11) is 3.64. The molecule has 27 heavy (non-hydrogen) atoms. The van der Waals surface area contributed by atoms with Crippen LogP contribution in [0.4, 0.5) is 0 Å². The van der Waals surface area contributed by atoms with Crippen molar-refractivity contribution in [3.63, 3.8) is 0 Å². The highest BCUT2D eigenvalue weighted by Crippen LogP contribution is 2.22. The Kier molecular flexibility index (Phi) is 6.09. The van der Waals surface area contributed by atoms with Crippen LogP contribution in [0.5, 0.6) is 5.75 Å². The summed E-state index contributed by atoms with van der Waals surface area (Å²) in [4.78, 5) is 14.3. The molecule has 0 saturated carbocycles. The van der Waals surface area contributed by atoms with Gasteiger partial charge in [-0.2, -0.15) is 0 Å². The van der Waals surface area contributed by atoms with Crippen LogP contribution in [0, 0.1) is 6.92 Å². The predicted octanol–water partition coefficient (Wildman–Crippen LogP) is 3.91. The number of rotatable bonds is 7. The number of nitrogens with zero attached hydrogens (tertiary/aromatic N) is 1. The average Bonchev–Trinajstić information content (AvgIpc) is 2.66. The number of aryl methyl sites for hydroxylation is 1. The molecule has 0 saturated heterocycles. The van der Waals surface area contributed by atoms with Crippen molar-refractivity contribution in [1.29, 1.82) is 0 Å². The summed E-state index contributed by atoms with van der Waals surface area (Å²) >= 11 is 0. The quantitative estimate of drug-likeness (QED) is 0.693. The maximum absolute atomic E-state index is 12.2. The van der Waals surface area contributed by atoms with Gasteiger partial charge in [0.15, 0.2) is 0 Å². The lowest BCUT2D eigenvalue weighted by Crippen LogP contribution is -2.34. The summed E-state index contributed by atoms with van der Waals surface area (Å²) < 4.78 is 5.27. The maximum atomic E-state index is 12.2. The molecule has 0 heterocycles. The Morgan fingerprint density at radius 1 is 1.04 bits per heavy atom. The van der Waals surface area contributed by atoms with Crippen LogP contribution < -0.4 is 10.1 Å². The van der Waals surface area contributed by atoms with Gasteiger partial charge in [0, 0.05) is 13.1 Å². The van der Waals surface area contributed by atoms with Crippen LogP contribution >= 0.6 is 0 Å². The van der Waals surface area contributed by atoms with E-state index in [0.717, 1.165) is 23.2 Å². The van der Waals surface area contributed by atoms with Crippen LogP contribution in [0.25, 0.3) is 10.8 Å². The number of hydrogen-bond acceptors (Lipinski definition) is 3. The molecule has 1 N–H and O–H groups in total. The van der Waals surface area contributed by atoms with Gasteiger partial charge in [0.2, 0.25) is 5.91 Å². The van der Waals surface area contributed by atoms with Crippen molar-refractivity contribution in [1.82, 2.24) is 10.2 Å². The highest BCUT2D eigenvalue weighted by atomic mass is 16.5. The molecule has 3 aromatic carbocycles. The first-order valence-electron chi connectivity index (χ1n) is 9.11. The average molecular weight is 362 g/mol. The predicted molar refractivity (Wildman–Crippen MR) is 110 cm³/mol. The highest BCUT2D eigenvalue weighted by molar-refractivity contribution is 5.84. The summed E-state index contributed by atoms with van der Waals surface area (Å²) in [5, 5.41) is 5.33. The number of fused-ring (bicyclic) bond motifs is 1. The minimum Gasteiger partial charge on any atom is -0.497 e. The Hall–Kier alpha value is -2.85. The largest absolute Gasteiger partial charge is 0.497 e. The lowest BCUT2D eigenvalue weighted by Gasteiger charge is -2.17. The minimum atomic E-state index is 0.0336. The molecule has 0 atom stereocenters. The second kappa shape index (κ2) is 8.69. The molecule has 0 spiro atoms. The number of nitrogens with one attached hydrogen (secondary N) is 1. The van der Waals surface area contributed by atoms with E-state index in [1.54, 1.807) is 7.11 Å². The number of amides is 1. The van der Waals surface area contributed by atoms with Gasteiger partial charge in [-0.3, -0.25) is 9.69 Å². The number of methoxy groups -OCH3 is 1. The molecular weight excluding hydrogens is 336 g/mol. The normalized spacial score (nSPS) is 11.0. The second-order valence-corrected chi connectivity index (χ2v) is 6.92. The number of likely N-dealkylation sites (N-methyl/N-ethyl adjacent to an activating group) is 1. The van der Waals surface area contributed by atoms with Crippen LogP contribution in [-0.2, 0) is 17.9 Å². The number of carbonyl (C=O) groups excluding carboxylic acids is 1. The third-order valence-electron chi connectivity index (χ3n) is 4.72. The van der Waals surface area contributed by atoms with Crippen LogP contribution in [0.15, 0.2) is 60.7 Å². The summed E-state index contributed by atoms with van der Waals surface area (Å²) in [6.07, 6.45) is 0. The minimum absolute atomic E-state index is 0.0336. The van der Waals surface area contributed by atoms with Gasteiger partial charge in [0.05, 0.1) is 13.7 Å². The van der Waals surface area contributed by atoms with Gasteiger partial charge in [-0.15, -0.1) is 0 Å². The van der Waals surface area contributed by atoms with E-state index >= 15 is 0 Å². The molecule has 0 unspecified atom stereocenters.